The minimum absolute atomic E-state index is 0.0513. The van der Waals surface area contributed by atoms with Gasteiger partial charge in [0.25, 0.3) is 0 Å². The van der Waals surface area contributed by atoms with E-state index >= 15 is 0 Å². The summed E-state index contributed by atoms with van der Waals surface area (Å²) in [7, 11) is 0. The molecule has 0 bridgehead atoms. The lowest BCUT2D eigenvalue weighted by molar-refractivity contribution is 0.200. The zero-order valence-electron chi connectivity index (χ0n) is 10.1. The zero-order chi connectivity index (χ0) is 11.8. The van der Waals surface area contributed by atoms with Gasteiger partial charge in [0.05, 0.1) is 6.61 Å². The van der Waals surface area contributed by atoms with Gasteiger partial charge in [-0.25, -0.2) is 0 Å². The molecule has 2 N–H and O–H groups in total. The third-order valence-electron chi connectivity index (χ3n) is 2.31. The number of benzene rings is 1. The van der Waals surface area contributed by atoms with E-state index in [4.69, 9.17) is 9.84 Å². The molecular weight excluding hydrogens is 202 g/mol. The molecule has 0 spiro atoms. The van der Waals surface area contributed by atoms with Gasteiger partial charge in [0.15, 0.2) is 0 Å². The molecular formula is C13H21NO2. The summed E-state index contributed by atoms with van der Waals surface area (Å²) in [4.78, 5) is 0. The van der Waals surface area contributed by atoms with Gasteiger partial charge in [0.1, 0.15) is 12.4 Å². The molecule has 16 heavy (non-hydrogen) atoms. The van der Waals surface area contributed by atoms with Crippen molar-refractivity contribution >= 4 is 0 Å². The number of aliphatic hydroxyl groups is 1. The van der Waals surface area contributed by atoms with Crippen LogP contribution in [-0.2, 0) is 6.54 Å². The minimum atomic E-state index is 0.0513. The fourth-order valence-corrected chi connectivity index (χ4v) is 1.54. The monoisotopic (exact) mass is 223 g/mol. The lowest BCUT2D eigenvalue weighted by Gasteiger charge is -2.12. The van der Waals surface area contributed by atoms with E-state index in [1.807, 2.05) is 12.1 Å². The summed E-state index contributed by atoms with van der Waals surface area (Å²) in [5.41, 5.74) is 2.38. The molecule has 0 radical (unpaired) electrons. The summed E-state index contributed by atoms with van der Waals surface area (Å²) >= 11 is 0. The first-order chi connectivity index (χ1) is 7.77. The molecule has 0 saturated carbocycles. The average Bonchev–Trinajstić information content (AvgIpc) is 2.28. The van der Waals surface area contributed by atoms with Gasteiger partial charge in [0.2, 0.25) is 0 Å². The Labute approximate surface area is 97.4 Å². The fourth-order valence-electron chi connectivity index (χ4n) is 1.54. The SMILES string of the molecule is CCCNCc1cc(C)ccc1OCCO. The van der Waals surface area contributed by atoms with Crippen LogP contribution in [0, 0.1) is 6.92 Å². The fraction of sp³-hybridized carbons (Fsp3) is 0.538. The molecule has 0 aliphatic rings. The molecule has 0 heterocycles. The highest BCUT2D eigenvalue weighted by Crippen LogP contribution is 2.19. The first kappa shape index (κ1) is 13.0. The van der Waals surface area contributed by atoms with Gasteiger partial charge in [-0.05, 0) is 26.0 Å². The number of hydrogen-bond acceptors (Lipinski definition) is 3. The molecule has 0 amide bonds. The summed E-state index contributed by atoms with van der Waals surface area (Å²) in [5, 5.41) is 12.1. The van der Waals surface area contributed by atoms with Crippen molar-refractivity contribution in [1.82, 2.24) is 5.32 Å². The quantitative estimate of drug-likeness (QED) is 0.693. The summed E-state index contributed by atoms with van der Waals surface area (Å²) in [6.45, 7) is 6.44. The van der Waals surface area contributed by atoms with Crippen LogP contribution < -0.4 is 10.1 Å². The van der Waals surface area contributed by atoms with Crippen LogP contribution in [0.2, 0.25) is 0 Å². The van der Waals surface area contributed by atoms with Crippen molar-refractivity contribution in [2.24, 2.45) is 0 Å². The molecule has 0 fully saturated rings. The molecule has 3 heteroatoms. The standard InChI is InChI=1S/C13H21NO2/c1-3-6-14-10-12-9-11(2)4-5-13(12)16-8-7-15/h4-5,9,14-15H,3,6-8,10H2,1-2H3. The van der Waals surface area contributed by atoms with E-state index in [9.17, 15) is 0 Å². The number of aliphatic hydroxyl groups excluding tert-OH is 1. The Morgan fingerprint density at radius 2 is 2.19 bits per heavy atom. The lowest BCUT2D eigenvalue weighted by Crippen LogP contribution is -2.15. The van der Waals surface area contributed by atoms with Gasteiger partial charge in [-0.15, -0.1) is 0 Å². The molecule has 3 nitrogen and oxygen atoms in total. The first-order valence-electron chi connectivity index (χ1n) is 5.81. The first-order valence-corrected chi connectivity index (χ1v) is 5.81. The Kier molecular flexibility index (Phi) is 5.90. The Morgan fingerprint density at radius 1 is 1.38 bits per heavy atom. The Balaban J connectivity index is 2.65. The molecule has 1 aromatic carbocycles. The van der Waals surface area contributed by atoms with Crippen LogP contribution in [0.5, 0.6) is 5.75 Å². The highest BCUT2D eigenvalue weighted by molar-refractivity contribution is 5.36. The summed E-state index contributed by atoms with van der Waals surface area (Å²) in [6, 6.07) is 6.11. The van der Waals surface area contributed by atoms with Crippen molar-refractivity contribution in [1.29, 1.82) is 0 Å². The smallest absolute Gasteiger partial charge is 0.123 e. The van der Waals surface area contributed by atoms with Crippen molar-refractivity contribution in [3.05, 3.63) is 29.3 Å². The van der Waals surface area contributed by atoms with E-state index in [1.54, 1.807) is 0 Å². The van der Waals surface area contributed by atoms with E-state index in [0.29, 0.717) is 6.61 Å². The van der Waals surface area contributed by atoms with Gasteiger partial charge in [-0.1, -0.05) is 24.6 Å². The van der Waals surface area contributed by atoms with Crippen LogP contribution in [0.1, 0.15) is 24.5 Å². The Bertz CT molecular complexity index is 313. The molecule has 1 rings (SSSR count). The van der Waals surface area contributed by atoms with Crippen LogP contribution in [0.15, 0.2) is 18.2 Å². The summed E-state index contributed by atoms with van der Waals surface area (Å²) < 4.78 is 5.48. The Hall–Kier alpha value is -1.06. The Morgan fingerprint density at radius 3 is 2.88 bits per heavy atom. The van der Waals surface area contributed by atoms with Crippen LogP contribution in [-0.4, -0.2) is 24.9 Å². The van der Waals surface area contributed by atoms with Crippen molar-refractivity contribution in [2.75, 3.05) is 19.8 Å². The predicted octanol–water partition coefficient (Wildman–Crippen LogP) is 1.87. The van der Waals surface area contributed by atoms with Gasteiger partial charge in [-0.3, -0.25) is 0 Å². The van der Waals surface area contributed by atoms with Gasteiger partial charge in [0, 0.05) is 12.1 Å². The number of rotatable bonds is 7. The highest BCUT2D eigenvalue weighted by atomic mass is 16.5. The maximum absolute atomic E-state index is 8.75. The van der Waals surface area contributed by atoms with Crippen molar-refractivity contribution < 1.29 is 9.84 Å². The number of ether oxygens (including phenoxy) is 1. The summed E-state index contributed by atoms with van der Waals surface area (Å²) in [5.74, 6) is 0.864. The van der Waals surface area contributed by atoms with Crippen LogP contribution >= 0.6 is 0 Å². The van der Waals surface area contributed by atoms with Gasteiger partial charge < -0.3 is 15.2 Å². The van der Waals surface area contributed by atoms with Crippen molar-refractivity contribution in [3.8, 4) is 5.75 Å². The van der Waals surface area contributed by atoms with E-state index in [2.05, 4.69) is 25.2 Å². The largest absolute Gasteiger partial charge is 0.491 e. The van der Waals surface area contributed by atoms with Gasteiger partial charge >= 0.3 is 0 Å². The second-order valence-electron chi connectivity index (χ2n) is 3.86. The topological polar surface area (TPSA) is 41.5 Å². The summed E-state index contributed by atoms with van der Waals surface area (Å²) in [6.07, 6.45) is 1.12. The second kappa shape index (κ2) is 7.25. The lowest BCUT2D eigenvalue weighted by atomic mass is 10.1. The highest BCUT2D eigenvalue weighted by Gasteiger charge is 2.03. The third-order valence-corrected chi connectivity index (χ3v) is 2.31. The molecule has 0 atom stereocenters. The average molecular weight is 223 g/mol. The van der Waals surface area contributed by atoms with E-state index in [-0.39, 0.29) is 6.61 Å². The van der Waals surface area contributed by atoms with Gasteiger partial charge in [-0.2, -0.15) is 0 Å². The molecule has 1 aromatic rings. The number of hydrogen-bond donors (Lipinski definition) is 2. The maximum Gasteiger partial charge on any atom is 0.123 e. The minimum Gasteiger partial charge on any atom is -0.491 e. The van der Waals surface area contributed by atoms with Crippen LogP contribution in [0.25, 0.3) is 0 Å². The van der Waals surface area contributed by atoms with E-state index in [1.165, 1.54) is 5.56 Å². The van der Waals surface area contributed by atoms with Crippen LogP contribution in [0.4, 0.5) is 0 Å². The number of aryl methyl sites for hydroxylation is 1. The predicted molar refractivity (Wildman–Crippen MR) is 65.8 cm³/mol. The van der Waals surface area contributed by atoms with E-state index < -0.39 is 0 Å². The molecule has 0 aliphatic carbocycles. The molecule has 0 aliphatic heterocycles. The molecule has 0 aromatic heterocycles. The molecule has 90 valence electrons. The van der Waals surface area contributed by atoms with Crippen LogP contribution in [0.3, 0.4) is 0 Å². The third kappa shape index (κ3) is 4.21. The second-order valence-corrected chi connectivity index (χ2v) is 3.86. The normalized spacial score (nSPS) is 10.4. The zero-order valence-corrected chi connectivity index (χ0v) is 10.1. The molecule has 0 unspecified atom stereocenters. The van der Waals surface area contributed by atoms with Crippen molar-refractivity contribution in [3.63, 3.8) is 0 Å². The van der Waals surface area contributed by atoms with Crippen molar-refractivity contribution in [2.45, 2.75) is 26.8 Å². The number of nitrogens with one attached hydrogen (secondary N) is 1. The molecule has 0 saturated heterocycles. The maximum atomic E-state index is 8.75. The van der Waals surface area contributed by atoms with E-state index in [0.717, 1.165) is 30.8 Å².